The third-order valence-corrected chi connectivity index (χ3v) is 8.07. The standard InChI is InChI=1S/C14H19N3O6S2/c1-23-12(18)14(5-8-24(19,20)9-6-14)11-4-7-15-13(16-11)17-25(21,22)10-2-3-10/h4,7,10H,2-3,5-6,8-9H2,1H3,(H,15,16,17). The van der Waals surface area contributed by atoms with Crippen LogP contribution in [0.25, 0.3) is 0 Å². The third-order valence-electron chi connectivity index (χ3n) is 4.60. The first-order valence-corrected chi connectivity index (χ1v) is 11.2. The van der Waals surface area contributed by atoms with E-state index < -0.39 is 36.5 Å². The van der Waals surface area contributed by atoms with Gasteiger partial charge in [-0.05, 0) is 31.7 Å². The minimum atomic E-state index is -3.54. The third kappa shape index (κ3) is 3.61. The highest BCUT2D eigenvalue weighted by Crippen LogP contribution is 2.37. The first-order chi connectivity index (χ1) is 11.7. The largest absolute Gasteiger partial charge is 0.468 e. The number of ether oxygens (including phenoxy) is 1. The molecule has 1 saturated carbocycles. The number of hydrogen-bond acceptors (Lipinski definition) is 8. The number of methoxy groups -OCH3 is 1. The molecular formula is C14H19N3O6S2. The Kier molecular flexibility index (Phi) is 4.48. The van der Waals surface area contributed by atoms with Gasteiger partial charge < -0.3 is 4.74 Å². The van der Waals surface area contributed by atoms with Crippen molar-refractivity contribution in [3.05, 3.63) is 18.0 Å². The van der Waals surface area contributed by atoms with Crippen LogP contribution in [0.1, 0.15) is 31.4 Å². The zero-order chi connectivity index (χ0) is 18.3. The van der Waals surface area contributed by atoms with Crippen LogP contribution < -0.4 is 4.72 Å². The summed E-state index contributed by atoms with van der Waals surface area (Å²) < 4.78 is 54.8. The van der Waals surface area contributed by atoms with Crippen molar-refractivity contribution >= 4 is 31.8 Å². The van der Waals surface area contributed by atoms with Crippen LogP contribution in [0.2, 0.25) is 0 Å². The van der Waals surface area contributed by atoms with Crippen molar-refractivity contribution in [3.8, 4) is 0 Å². The predicted molar refractivity (Wildman–Crippen MR) is 89.2 cm³/mol. The van der Waals surface area contributed by atoms with E-state index in [2.05, 4.69) is 14.7 Å². The van der Waals surface area contributed by atoms with Gasteiger partial charge in [-0.15, -0.1) is 0 Å². The number of aromatic nitrogens is 2. The highest BCUT2D eigenvalue weighted by atomic mass is 32.2. The van der Waals surface area contributed by atoms with Gasteiger partial charge in [-0.1, -0.05) is 0 Å². The molecule has 2 aliphatic rings. The molecule has 1 aliphatic carbocycles. The summed E-state index contributed by atoms with van der Waals surface area (Å²) >= 11 is 0. The molecule has 1 aromatic heterocycles. The molecule has 3 rings (SSSR count). The molecule has 2 fully saturated rings. The van der Waals surface area contributed by atoms with Gasteiger partial charge in [0, 0.05) is 6.20 Å². The fraction of sp³-hybridized carbons (Fsp3) is 0.643. The average molecular weight is 389 g/mol. The van der Waals surface area contributed by atoms with E-state index in [0.29, 0.717) is 12.8 Å². The quantitative estimate of drug-likeness (QED) is 0.696. The van der Waals surface area contributed by atoms with Crippen molar-refractivity contribution in [2.24, 2.45) is 0 Å². The van der Waals surface area contributed by atoms with E-state index in [4.69, 9.17) is 4.74 Å². The summed E-state index contributed by atoms with van der Waals surface area (Å²) in [5.41, 5.74) is -0.958. The van der Waals surface area contributed by atoms with E-state index in [0.717, 1.165) is 0 Å². The molecule has 11 heteroatoms. The molecule has 9 nitrogen and oxygen atoms in total. The molecule has 1 aliphatic heterocycles. The van der Waals surface area contributed by atoms with Crippen LogP contribution in [0.3, 0.4) is 0 Å². The molecule has 0 unspecified atom stereocenters. The molecule has 138 valence electrons. The van der Waals surface area contributed by atoms with Crippen molar-refractivity contribution in [2.45, 2.75) is 36.3 Å². The van der Waals surface area contributed by atoms with Crippen LogP contribution in [0, 0.1) is 0 Å². The molecule has 0 radical (unpaired) electrons. The normalized spacial score (nSPS) is 22.1. The van der Waals surface area contributed by atoms with E-state index in [1.807, 2.05) is 0 Å². The van der Waals surface area contributed by atoms with Crippen LogP contribution >= 0.6 is 0 Å². The van der Waals surface area contributed by atoms with Gasteiger partial charge in [0.25, 0.3) is 0 Å². The summed E-state index contributed by atoms with van der Waals surface area (Å²) in [6.07, 6.45) is 2.61. The van der Waals surface area contributed by atoms with Crippen molar-refractivity contribution in [1.82, 2.24) is 9.97 Å². The Morgan fingerprint density at radius 2 is 1.96 bits per heavy atom. The summed E-state index contributed by atoms with van der Waals surface area (Å²) in [6.45, 7) is 0. The fourth-order valence-corrected chi connectivity index (χ4v) is 5.71. The zero-order valence-electron chi connectivity index (χ0n) is 13.6. The number of sulfone groups is 1. The zero-order valence-corrected chi connectivity index (χ0v) is 15.3. The van der Waals surface area contributed by atoms with Gasteiger partial charge in [-0.25, -0.2) is 26.8 Å². The Hall–Kier alpha value is -1.75. The molecule has 0 aromatic carbocycles. The number of anilines is 1. The van der Waals surface area contributed by atoms with Crippen molar-refractivity contribution in [2.75, 3.05) is 23.3 Å². The maximum Gasteiger partial charge on any atom is 0.317 e. The number of carbonyl (C=O) groups is 1. The van der Waals surface area contributed by atoms with Gasteiger partial charge in [0.2, 0.25) is 16.0 Å². The lowest BCUT2D eigenvalue weighted by Crippen LogP contribution is -2.45. The van der Waals surface area contributed by atoms with E-state index in [1.54, 1.807) is 0 Å². The Bertz CT molecular complexity index is 879. The maximum absolute atomic E-state index is 12.4. The van der Waals surface area contributed by atoms with Crippen molar-refractivity contribution in [1.29, 1.82) is 0 Å². The number of hydrogen-bond donors (Lipinski definition) is 1. The molecule has 0 atom stereocenters. The molecule has 2 heterocycles. The number of nitrogens with zero attached hydrogens (tertiary/aromatic N) is 2. The minimum absolute atomic E-state index is 0.0356. The van der Waals surface area contributed by atoms with E-state index >= 15 is 0 Å². The number of esters is 1. The second-order valence-corrected chi connectivity index (χ2v) is 10.6. The molecule has 0 bridgehead atoms. The van der Waals surface area contributed by atoms with Crippen LogP contribution in [-0.2, 0) is 34.8 Å². The molecule has 1 saturated heterocycles. The SMILES string of the molecule is COC(=O)C1(c2ccnc(NS(=O)(=O)C3CC3)n2)CCS(=O)(=O)CC1. The summed E-state index contributed by atoms with van der Waals surface area (Å²) in [6, 6.07) is 1.49. The maximum atomic E-state index is 12.4. The Morgan fingerprint density at radius 1 is 1.32 bits per heavy atom. The minimum Gasteiger partial charge on any atom is -0.468 e. The van der Waals surface area contributed by atoms with E-state index in [9.17, 15) is 21.6 Å². The highest BCUT2D eigenvalue weighted by Gasteiger charge is 2.47. The molecule has 25 heavy (non-hydrogen) atoms. The lowest BCUT2D eigenvalue weighted by Gasteiger charge is -2.33. The van der Waals surface area contributed by atoms with Crippen molar-refractivity contribution < 1.29 is 26.4 Å². The number of rotatable bonds is 5. The second-order valence-electron chi connectivity index (χ2n) is 6.34. The van der Waals surface area contributed by atoms with Crippen molar-refractivity contribution in [3.63, 3.8) is 0 Å². The second kappa shape index (κ2) is 6.20. The number of sulfonamides is 1. The van der Waals surface area contributed by atoms with Gasteiger partial charge >= 0.3 is 5.97 Å². The topological polar surface area (TPSA) is 132 Å². The fourth-order valence-electron chi connectivity index (χ4n) is 2.91. The molecule has 1 N–H and O–H groups in total. The van der Waals surface area contributed by atoms with E-state index in [-0.39, 0.29) is 36.0 Å². The van der Waals surface area contributed by atoms with Crippen LogP contribution in [0.4, 0.5) is 5.95 Å². The van der Waals surface area contributed by atoms with E-state index in [1.165, 1.54) is 19.4 Å². The predicted octanol–water partition coefficient (Wildman–Crippen LogP) is 0.0001000. The molecular weight excluding hydrogens is 370 g/mol. The smallest absolute Gasteiger partial charge is 0.317 e. The highest BCUT2D eigenvalue weighted by molar-refractivity contribution is 7.93. The summed E-state index contributed by atoms with van der Waals surface area (Å²) in [5.74, 6) is -1.02. The van der Waals surface area contributed by atoms with Gasteiger partial charge in [-0.2, -0.15) is 0 Å². The molecule has 0 spiro atoms. The van der Waals surface area contributed by atoms with Crippen LogP contribution in [0.15, 0.2) is 12.3 Å². The summed E-state index contributed by atoms with van der Waals surface area (Å²) in [5, 5.41) is -0.436. The van der Waals surface area contributed by atoms with Gasteiger partial charge in [0.15, 0.2) is 0 Å². The van der Waals surface area contributed by atoms with Gasteiger partial charge in [-0.3, -0.25) is 9.52 Å². The van der Waals surface area contributed by atoms with Gasteiger partial charge in [0.1, 0.15) is 15.3 Å². The summed E-state index contributed by atoms with van der Waals surface area (Å²) in [4.78, 5) is 20.5. The Labute approximate surface area is 146 Å². The lowest BCUT2D eigenvalue weighted by molar-refractivity contribution is -0.148. The Morgan fingerprint density at radius 3 is 2.52 bits per heavy atom. The van der Waals surface area contributed by atoms with Gasteiger partial charge in [0.05, 0.1) is 29.6 Å². The number of carbonyl (C=O) groups excluding carboxylic acids is 1. The lowest BCUT2D eigenvalue weighted by atomic mass is 9.78. The van der Waals surface area contributed by atoms with Crippen LogP contribution in [-0.4, -0.2) is 56.6 Å². The summed E-state index contributed by atoms with van der Waals surface area (Å²) in [7, 11) is -5.52. The first kappa shape index (κ1) is 18.1. The van der Waals surface area contributed by atoms with Crippen LogP contribution in [0.5, 0.6) is 0 Å². The average Bonchev–Trinajstić information content (AvgIpc) is 3.40. The Balaban J connectivity index is 1.94. The number of nitrogens with one attached hydrogen (secondary N) is 1. The first-order valence-electron chi connectivity index (χ1n) is 7.82. The molecule has 0 amide bonds. The molecule has 1 aromatic rings. The monoisotopic (exact) mass is 389 g/mol.